The fraction of sp³-hybridized carbons (Fsp3) is 0.0455. The Bertz CT molecular complexity index is 1000. The van der Waals surface area contributed by atoms with Crippen LogP contribution in [0.4, 0.5) is 5.69 Å². The second kappa shape index (κ2) is 8.47. The first kappa shape index (κ1) is 19.2. The van der Waals surface area contributed by atoms with E-state index in [1.807, 2.05) is 59.6 Å². The van der Waals surface area contributed by atoms with Gasteiger partial charge in [-0.25, -0.2) is 0 Å². The predicted molar refractivity (Wildman–Crippen MR) is 127 cm³/mol. The number of thiocarbonyl (C=S) groups is 1. The van der Waals surface area contributed by atoms with E-state index in [4.69, 9.17) is 12.2 Å². The molecular formula is C22H17Br2N3S. The van der Waals surface area contributed by atoms with Gasteiger partial charge in [0, 0.05) is 14.6 Å². The van der Waals surface area contributed by atoms with E-state index < -0.39 is 0 Å². The molecule has 3 nitrogen and oxygen atoms in total. The van der Waals surface area contributed by atoms with E-state index in [0.29, 0.717) is 5.11 Å². The third kappa shape index (κ3) is 4.29. The van der Waals surface area contributed by atoms with Crippen LogP contribution in [0.1, 0.15) is 17.2 Å². The van der Waals surface area contributed by atoms with E-state index in [2.05, 4.69) is 72.9 Å². The number of hydrogen-bond acceptors (Lipinski definition) is 2. The number of hydrazine groups is 1. The van der Waals surface area contributed by atoms with Crippen LogP contribution in [0.15, 0.2) is 93.9 Å². The van der Waals surface area contributed by atoms with Crippen molar-refractivity contribution >= 4 is 60.6 Å². The number of nitrogens with one attached hydrogen (secondary N) is 2. The Morgan fingerprint density at radius 3 is 2.11 bits per heavy atom. The highest BCUT2D eigenvalue weighted by Crippen LogP contribution is 2.32. The summed E-state index contributed by atoms with van der Waals surface area (Å²) in [6, 6.07) is 26.5. The Kier molecular flexibility index (Phi) is 5.80. The summed E-state index contributed by atoms with van der Waals surface area (Å²) in [5.41, 5.74) is 7.72. The minimum absolute atomic E-state index is 0.0181. The lowest BCUT2D eigenvalue weighted by Crippen LogP contribution is -2.42. The van der Waals surface area contributed by atoms with Crippen LogP contribution in [0.5, 0.6) is 0 Å². The molecule has 0 saturated carbocycles. The van der Waals surface area contributed by atoms with Crippen molar-refractivity contribution < 1.29 is 0 Å². The van der Waals surface area contributed by atoms with Gasteiger partial charge in [-0.2, -0.15) is 0 Å². The minimum Gasteiger partial charge on any atom is -0.331 e. The highest BCUT2D eigenvalue weighted by molar-refractivity contribution is 9.10. The number of benzene rings is 3. The van der Waals surface area contributed by atoms with Gasteiger partial charge in [0.2, 0.25) is 0 Å². The third-order valence-corrected chi connectivity index (χ3v) is 5.81. The molecule has 0 spiro atoms. The van der Waals surface area contributed by atoms with Crippen LogP contribution in [0.25, 0.3) is 5.70 Å². The zero-order chi connectivity index (χ0) is 19.5. The Hall–Kier alpha value is -2.15. The maximum absolute atomic E-state index is 5.72. The first-order valence-electron chi connectivity index (χ1n) is 8.75. The number of para-hydroxylation sites is 1. The smallest absolute Gasteiger partial charge is 0.193 e. The van der Waals surface area contributed by atoms with E-state index in [9.17, 15) is 0 Å². The van der Waals surface area contributed by atoms with Crippen LogP contribution in [-0.2, 0) is 0 Å². The average molecular weight is 515 g/mol. The molecule has 4 rings (SSSR count). The summed E-state index contributed by atoms with van der Waals surface area (Å²) in [7, 11) is 0. The number of anilines is 1. The highest BCUT2D eigenvalue weighted by Gasteiger charge is 2.29. The first-order valence-corrected chi connectivity index (χ1v) is 10.7. The van der Waals surface area contributed by atoms with Gasteiger partial charge in [-0.1, -0.05) is 74.3 Å². The summed E-state index contributed by atoms with van der Waals surface area (Å²) < 4.78 is 2.10. The second-order valence-corrected chi connectivity index (χ2v) is 8.58. The van der Waals surface area contributed by atoms with Gasteiger partial charge in [0.1, 0.15) is 0 Å². The molecule has 0 unspecified atom stereocenters. The largest absolute Gasteiger partial charge is 0.331 e. The van der Waals surface area contributed by atoms with Crippen molar-refractivity contribution in [3.63, 3.8) is 0 Å². The van der Waals surface area contributed by atoms with Crippen molar-refractivity contribution in [2.75, 3.05) is 5.32 Å². The molecule has 6 heteroatoms. The van der Waals surface area contributed by atoms with Gasteiger partial charge in [0.25, 0.3) is 0 Å². The fourth-order valence-corrected chi connectivity index (χ4v) is 3.85. The molecular weight excluding hydrogens is 498 g/mol. The summed E-state index contributed by atoms with van der Waals surface area (Å²) in [5, 5.41) is 5.92. The standard InChI is InChI=1S/C22H17Br2N3S/c23-17-10-6-15(7-11-17)20-14-21(16-8-12-18(24)13-9-16)27(26-20)22(28)25-19-4-2-1-3-5-19/h1-14,21,26H,(H,25,28)/t21-/m0/s1. The molecule has 1 aliphatic heterocycles. The van der Waals surface area contributed by atoms with Crippen molar-refractivity contribution in [3.8, 4) is 0 Å². The van der Waals surface area contributed by atoms with Crippen LogP contribution < -0.4 is 10.7 Å². The summed E-state index contributed by atoms with van der Waals surface area (Å²) in [4.78, 5) is 0. The highest BCUT2D eigenvalue weighted by atomic mass is 79.9. The predicted octanol–water partition coefficient (Wildman–Crippen LogP) is 6.51. The zero-order valence-corrected chi connectivity index (χ0v) is 18.8. The molecule has 0 fully saturated rings. The van der Waals surface area contributed by atoms with E-state index in [1.165, 1.54) is 0 Å². The summed E-state index contributed by atoms with van der Waals surface area (Å²) in [6.45, 7) is 0. The SMILES string of the molecule is S=C(Nc1ccccc1)N1NC(c2ccc(Br)cc2)=C[C@H]1c1ccc(Br)cc1. The molecule has 0 aliphatic carbocycles. The third-order valence-electron chi connectivity index (χ3n) is 4.45. The molecule has 1 heterocycles. The molecule has 2 N–H and O–H groups in total. The van der Waals surface area contributed by atoms with Gasteiger partial charge in [-0.05, 0) is 65.8 Å². The van der Waals surface area contributed by atoms with E-state index in [0.717, 1.165) is 31.5 Å². The molecule has 28 heavy (non-hydrogen) atoms. The van der Waals surface area contributed by atoms with Crippen molar-refractivity contribution in [2.24, 2.45) is 0 Å². The lowest BCUT2D eigenvalue weighted by atomic mass is 10.0. The van der Waals surface area contributed by atoms with Gasteiger partial charge >= 0.3 is 0 Å². The van der Waals surface area contributed by atoms with E-state index >= 15 is 0 Å². The van der Waals surface area contributed by atoms with Crippen molar-refractivity contribution in [2.45, 2.75) is 6.04 Å². The summed E-state index contributed by atoms with van der Waals surface area (Å²) in [5.74, 6) is 0. The van der Waals surface area contributed by atoms with Gasteiger partial charge in [-0.3, -0.25) is 10.4 Å². The molecule has 0 bridgehead atoms. The number of hydrogen-bond donors (Lipinski definition) is 2. The van der Waals surface area contributed by atoms with Crippen molar-refractivity contribution in [1.82, 2.24) is 10.4 Å². The van der Waals surface area contributed by atoms with Crippen LogP contribution in [0, 0.1) is 0 Å². The molecule has 1 aliphatic rings. The lowest BCUT2D eigenvalue weighted by molar-refractivity contribution is 0.348. The fourth-order valence-electron chi connectivity index (χ4n) is 3.05. The van der Waals surface area contributed by atoms with Crippen molar-refractivity contribution in [1.29, 1.82) is 0 Å². The summed E-state index contributed by atoms with van der Waals surface area (Å²) in [6.07, 6.45) is 2.20. The van der Waals surface area contributed by atoms with Gasteiger partial charge < -0.3 is 5.32 Å². The molecule has 0 radical (unpaired) electrons. The van der Waals surface area contributed by atoms with E-state index in [-0.39, 0.29) is 6.04 Å². The van der Waals surface area contributed by atoms with Crippen molar-refractivity contribution in [3.05, 3.63) is 105 Å². The van der Waals surface area contributed by atoms with E-state index in [1.54, 1.807) is 0 Å². The Balaban J connectivity index is 1.64. The Morgan fingerprint density at radius 2 is 1.46 bits per heavy atom. The van der Waals surface area contributed by atoms with Crippen LogP contribution in [0.2, 0.25) is 0 Å². The zero-order valence-electron chi connectivity index (χ0n) is 14.8. The van der Waals surface area contributed by atoms with Gasteiger partial charge in [-0.15, -0.1) is 0 Å². The molecule has 3 aromatic carbocycles. The van der Waals surface area contributed by atoms with Gasteiger partial charge in [0.05, 0.1) is 11.7 Å². The average Bonchev–Trinajstić information content (AvgIpc) is 3.15. The maximum atomic E-state index is 5.72. The molecule has 140 valence electrons. The Morgan fingerprint density at radius 1 is 0.857 bits per heavy atom. The monoisotopic (exact) mass is 513 g/mol. The summed E-state index contributed by atoms with van der Waals surface area (Å²) >= 11 is 12.7. The second-order valence-electron chi connectivity index (χ2n) is 6.36. The number of halogens is 2. The molecule has 3 aromatic rings. The number of rotatable bonds is 3. The number of nitrogens with zero attached hydrogens (tertiary/aromatic N) is 1. The molecule has 0 amide bonds. The van der Waals surface area contributed by atoms with Crippen LogP contribution in [-0.4, -0.2) is 10.1 Å². The lowest BCUT2D eigenvalue weighted by Gasteiger charge is -2.28. The maximum Gasteiger partial charge on any atom is 0.193 e. The Labute approximate surface area is 186 Å². The first-order chi connectivity index (χ1) is 13.6. The molecule has 0 aromatic heterocycles. The normalized spacial score (nSPS) is 15.7. The molecule has 0 saturated heterocycles. The van der Waals surface area contributed by atoms with Gasteiger partial charge in [0.15, 0.2) is 5.11 Å². The van der Waals surface area contributed by atoms with Crippen LogP contribution >= 0.6 is 44.1 Å². The molecule has 1 atom stereocenters. The topological polar surface area (TPSA) is 27.3 Å². The quantitative estimate of drug-likeness (QED) is 0.389. The minimum atomic E-state index is -0.0181. The van der Waals surface area contributed by atoms with Crippen LogP contribution in [0.3, 0.4) is 0 Å².